The van der Waals surface area contributed by atoms with Crippen molar-refractivity contribution < 1.29 is 9.59 Å². The second kappa shape index (κ2) is 4.62. The molecule has 0 bridgehead atoms. The monoisotopic (exact) mass is 187 g/mol. The second-order valence-corrected chi connectivity index (χ2v) is 2.29. The van der Waals surface area contributed by atoms with Gasteiger partial charge in [0, 0.05) is 11.8 Å². The first kappa shape index (κ1) is 9.74. The van der Waals surface area contributed by atoms with Crippen LogP contribution in [0.2, 0.25) is 0 Å². The Morgan fingerprint density at radius 2 is 1.93 bits per heavy atom. The maximum atomic E-state index is 10.0. The van der Waals surface area contributed by atoms with Gasteiger partial charge in [0.1, 0.15) is 0 Å². The average molecular weight is 187 g/mol. The van der Waals surface area contributed by atoms with Crippen LogP contribution in [0.25, 0.3) is 0 Å². The van der Waals surface area contributed by atoms with Crippen molar-refractivity contribution in [2.24, 2.45) is 9.98 Å². The Morgan fingerprint density at radius 3 is 2.50 bits per heavy atom. The van der Waals surface area contributed by atoms with Gasteiger partial charge in [0.2, 0.25) is 12.2 Å². The van der Waals surface area contributed by atoms with Crippen molar-refractivity contribution in [2.45, 2.75) is 0 Å². The fourth-order valence-electron chi connectivity index (χ4n) is 0.922. The number of hydrogen-bond acceptors (Lipinski definition) is 5. The molecule has 0 spiro atoms. The van der Waals surface area contributed by atoms with Crippen LogP contribution in [0, 0.1) is 5.41 Å². The van der Waals surface area contributed by atoms with Crippen LogP contribution in [0.3, 0.4) is 0 Å². The third-order valence-electron chi connectivity index (χ3n) is 1.51. The van der Waals surface area contributed by atoms with Crippen LogP contribution in [0.4, 0.5) is 11.4 Å². The highest BCUT2D eigenvalue weighted by atomic mass is 16.1. The van der Waals surface area contributed by atoms with Gasteiger partial charge >= 0.3 is 0 Å². The van der Waals surface area contributed by atoms with Crippen LogP contribution in [0.15, 0.2) is 28.2 Å². The van der Waals surface area contributed by atoms with Crippen molar-refractivity contribution in [2.75, 3.05) is 0 Å². The van der Waals surface area contributed by atoms with E-state index in [1.165, 1.54) is 30.4 Å². The summed E-state index contributed by atoms with van der Waals surface area (Å²) in [5.41, 5.74) is 1.05. The molecule has 0 amide bonds. The number of isocyanates is 2. The van der Waals surface area contributed by atoms with Crippen molar-refractivity contribution in [1.82, 2.24) is 0 Å². The third kappa shape index (κ3) is 2.08. The topological polar surface area (TPSA) is 82.7 Å². The standard InChI is InChI=1S/C9H5N3O2/c10-4-7-1-2-8(11-5-13)3-9(7)12-6-14/h1-4,10H. The van der Waals surface area contributed by atoms with E-state index in [0.717, 1.165) is 6.21 Å². The van der Waals surface area contributed by atoms with Crippen LogP contribution in [0.1, 0.15) is 5.56 Å². The molecule has 5 heteroatoms. The first-order valence-electron chi connectivity index (χ1n) is 3.62. The summed E-state index contributed by atoms with van der Waals surface area (Å²) >= 11 is 0. The minimum absolute atomic E-state index is 0.256. The lowest BCUT2D eigenvalue weighted by Gasteiger charge is -1.97. The van der Waals surface area contributed by atoms with Crippen molar-refractivity contribution in [1.29, 1.82) is 5.41 Å². The lowest BCUT2D eigenvalue weighted by Crippen LogP contribution is -1.79. The summed E-state index contributed by atoms with van der Waals surface area (Å²) in [6, 6.07) is 4.45. The van der Waals surface area contributed by atoms with Gasteiger partial charge in [-0.05, 0) is 18.2 Å². The molecule has 1 aromatic rings. The van der Waals surface area contributed by atoms with E-state index in [2.05, 4.69) is 9.98 Å². The van der Waals surface area contributed by atoms with Gasteiger partial charge in [0.25, 0.3) is 0 Å². The highest BCUT2D eigenvalue weighted by Crippen LogP contribution is 2.23. The van der Waals surface area contributed by atoms with Crippen LogP contribution in [0.5, 0.6) is 0 Å². The molecule has 0 fully saturated rings. The summed E-state index contributed by atoms with van der Waals surface area (Å²) in [6.45, 7) is 0. The average Bonchev–Trinajstić information content (AvgIpc) is 2.19. The van der Waals surface area contributed by atoms with Gasteiger partial charge in [-0.3, -0.25) is 0 Å². The quantitative estimate of drug-likeness (QED) is 0.576. The largest absolute Gasteiger partial charge is 0.308 e. The van der Waals surface area contributed by atoms with E-state index in [0.29, 0.717) is 11.3 Å². The Bertz CT molecular complexity index is 455. The normalized spacial score (nSPS) is 8.29. The van der Waals surface area contributed by atoms with Gasteiger partial charge in [0.15, 0.2) is 0 Å². The molecule has 0 atom stereocenters. The van der Waals surface area contributed by atoms with Crippen molar-refractivity contribution in [3.05, 3.63) is 23.8 Å². The number of carbonyl (C=O) groups excluding carboxylic acids is 2. The minimum atomic E-state index is 0.256. The smallest absolute Gasteiger partial charge is 0.240 e. The molecule has 0 aliphatic carbocycles. The third-order valence-corrected chi connectivity index (χ3v) is 1.51. The molecule has 1 N–H and O–H groups in total. The van der Waals surface area contributed by atoms with E-state index in [-0.39, 0.29) is 5.69 Å². The van der Waals surface area contributed by atoms with Gasteiger partial charge < -0.3 is 5.41 Å². The van der Waals surface area contributed by atoms with E-state index in [9.17, 15) is 9.59 Å². The molecule has 14 heavy (non-hydrogen) atoms. The van der Waals surface area contributed by atoms with Crippen LogP contribution < -0.4 is 0 Å². The molecule has 0 saturated heterocycles. The molecule has 0 saturated carbocycles. The fourth-order valence-corrected chi connectivity index (χ4v) is 0.922. The molecule has 0 unspecified atom stereocenters. The number of hydrogen-bond donors (Lipinski definition) is 1. The Hall–Kier alpha value is -2.35. The fraction of sp³-hybridized carbons (Fsp3) is 0. The highest BCUT2D eigenvalue weighted by molar-refractivity contribution is 5.86. The number of rotatable bonds is 3. The van der Waals surface area contributed by atoms with Crippen LogP contribution >= 0.6 is 0 Å². The lowest BCUT2D eigenvalue weighted by atomic mass is 10.2. The Kier molecular flexibility index (Phi) is 3.21. The van der Waals surface area contributed by atoms with Gasteiger partial charge in [0.05, 0.1) is 11.4 Å². The molecule has 0 radical (unpaired) electrons. The van der Waals surface area contributed by atoms with Crippen LogP contribution in [-0.4, -0.2) is 18.4 Å². The molecule has 68 valence electrons. The summed E-state index contributed by atoms with van der Waals surface area (Å²) in [5.74, 6) is 0. The predicted molar refractivity (Wildman–Crippen MR) is 49.9 cm³/mol. The van der Waals surface area contributed by atoms with Crippen molar-refractivity contribution >= 4 is 29.7 Å². The van der Waals surface area contributed by atoms with E-state index < -0.39 is 0 Å². The van der Waals surface area contributed by atoms with Gasteiger partial charge in [-0.15, -0.1) is 0 Å². The maximum Gasteiger partial charge on any atom is 0.240 e. The second-order valence-electron chi connectivity index (χ2n) is 2.29. The van der Waals surface area contributed by atoms with Crippen molar-refractivity contribution in [3.8, 4) is 0 Å². The molecule has 0 heterocycles. The number of nitrogens with one attached hydrogen (secondary N) is 1. The Labute approximate surface area is 79.3 Å². The summed E-state index contributed by atoms with van der Waals surface area (Å²) in [6.07, 6.45) is 3.77. The molecule has 1 rings (SSSR count). The van der Waals surface area contributed by atoms with Gasteiger partial charge in [-0.25, -0.2) is 9.59 Å². The Morgan fingerprint density at radius 1 is 1.21 bits per heavy atom. The highest BCUT2D eigenvalue weighted by Gasteiger charge is 1.99. The van der Waals surface area contributed by atoms with E-state index in [1.54, 1.807) is 0 Å². The first-order chi connectivity index (χ1) is 6.81. The zero-order valence-corrected chi connectivity index (χ0v) is 7.02. The van der Waals surface area contributed by atoms with Crippen LogP contribution in [-0.2, 0) is 9.59 Å². The zero-order valence-electron chi connectivity index (χ0n) is 7.02. The number of aliphatic imine (C=N–C) groups is 2. The molecule has 1 aromatic carbocycles. The van der Waals surface area contributed by atoms with E-state index in [1.807, 2.05) is 0 Å². The van der Waals surface area contributed by atoms with Gasteiger partial charge in [-0.2, -0.15) is 9.98 Å². The molecule has 5 nitrogen and oxygen atoms in total. The maximum absolute atomic E-state index is 10.0. The van der Waals surface area contributed by atoms with Gasteiger partial charge in [-0.1, -0.05) is 0 Å². The summed E-state index contributed by atoms with van der Waals surface area (Å²) in [5, 5.41) is 7.01. The molecule has 0 aromatic heterocycles. The summed E-state index contributed by atoms with van der Waals surface area (Å²) < 4.78 is 0. The lowest BCUT2D eigenvalue weighted by molar-refractivity contribution is 0.565. The molecule has 0 aliphatic rings. The zero-order chi connectivity index (χ0) is 10.4. The Balaban J connectivity index is 3.33. The van der Waals surface area contributed by atoms with E-state index >= 15 is 0 Å². The molecular formula is C9H5N3O2. The molecule has 0 aliphatic heterocycles. The minimum Gasteiger partial charge on any atom is -0.308 e. The summed E-state index contributed by atoms with van der Waals surface area (Å²) in [4.78, 5) is 26.7. The predicted octanol–water partition coefficient (Wildman–Crippen LogP) is 1.62. The molecular weight excluding hydrogens is 182 g/mol. The van der Waals surface area contributed by atoms with E-state index in [4.69, 9.17) is 5.41 Å². The van der Waals surface area contributed by atoms with Crippen molar-refractivity contribution in [3.63, 3.8) is 0 Å². The first-order valence-corrected chi connectivity index (χ1v) is 3.62. The number of benzene rings is 1. The summed E-state index contributed by atoms with van der Waals surface area (Å²) in [7, 11) is 0. The number of nitrogens with zero attached hydrogens (tertiary/aromatic N) is 2. The SMILES string of the molecule is N=Cc1ccc(N=C=O)cc1N=C=O.